The predicted molar refractivity (Wildman–Crippen MR) is 68.2 cm³/mol. The van der Waals surface area contributed by atoms with Gasteiger partial charge in [0.05, 0.1) is 17.3 Å². The fourth-order valence-corrected chi connectivity index (χ4v) is 2.19. The number of hydrogen-bond acceptors (Lipinski definition) is 3. The molecule has 0 radical (unpaired) electrons. The first-order valence-corrected chi connectivity index (χ1v) is 5.84. The molecule has 0 aliphatic carbocycles. The largest absolute Gasteiger partial charge is 0.490 e. The molecule has 0 unspecified atom stereocenters. The van der Waals surface area contributed by atoms with Crippen LogP contribution in [0.4, 0.5) is 11.5 Å². The van der Waals surface area contributed by atoms with Crippen LogP contribution in [-0.2, 0) is 0 Å². The Morgan fingerprint density at radius 1 is 1.18 bits per heavy atom. The molecule has 0 saturated heterocycles. The van der Waals surface area contributed by atoms with E-state index in [4.69, 9.17) is 16.3 Å². The third kappa shape index (κ3) is 1.83. The van der Waals surface area contributed by atoms with Crippen molar-refractivity contribution in [2.24, 2.45) is 0 Å². The highest BCUT2D eigenvalue weighted by molar-refractivity contribution is 6.33. The zero-order valence-corrected chi connectivity index (χ0v) is 9.89. The molecule has 2 aromatic rings. The molecular formula is C13H11ClN2O. The van der Waals surface area contributed by atoms with Crippen molar-refractivity contribution in [1.82, 2.24) is 4.98 Å². The Hall–Kier alpha value is -1.74. The van der Waals surface area contributed by atoms with Gasteiger partial charge in [-0.15, -0.1) is 0 Å². The van der Waals surface area contributed by atoms with Gasteiger partial charge in [0.2, 0.25) is 0 Å². The Kier molecular flexibility index (Phi) is 2.61. The highest BCUT2D eigenvalue weighted by Gasteiger charge is 2.21. The van der Waals surface area contributed by atoms with E-state index in [1.54, 1.807) is 6.20 Å². The molecule has 0 saturated carbocycles. The topological polar surface area (TPSA) is 25.4 Å². The van der Waals surface area contributed by atoms with E-state index in [2.05, 4.69) is 9.88 Å². The van der Waals surface area contributed by atoms with E-state index >= 15 is 0 Å². The van der Waals surface area contributed by atoms with Crippen LogP contribution in [0.1, 0.15) is 0 Å². The fraction of sp³-hybridized carbons (Fsp3) is 0.154. The lowest BCUT2D eigenvalue weighted by molar-refractivity contribution is 0.313. The van der Waals surface area contributed by atoms with Crippen molar-refractivity contribution < 1.29 is 4.74 Å². The second-order valence-corrected chi connectivity index (χ2v) is 4.18. The van der Waals surface area contributed by atoms with Crippen LogP contribution < -0.4 is 9.64 Å². The lowest BCUT2D eigenvalue weighted by Gasteiger charge is -2.30. The molecule has 2 heterocycles. The van der Waals surface area contributed by atoms with Gasteiger partial charge in [0.15, 0.2) is 5.82 Å². The summed E-state index contributed by atoms with van der Waals surface area (Å²) >= 11 is 6.18. The predicted octanol–water partition coefficient (Wildman–Crippen LogP) is 3.27. The first-order valence-electron chi connectivity index (χ1n) is 5.46. The summed E-state index contributed by atoms with van der Waals surface area (Å²) in [5.74, 6) is 1.66. The quantitative estimate of drug-likeness (QED) is 0.772. The SMILES string of the molecule is Clc1cccnc1N1CCOc2ccccc21. The minimum absolute atomic E-state index is 0.643. The molecule has 0 N–H and O–H groups in total. The van der Waals surface area contributed by atoms with E-state index in [-0.39, 0.29) is 0 Å². The Morgan fingerprint density at radius 3 is 2.94 bits per heavy atom. The van der Waals surface area contributed by atoms with Crippen molar-refractivity contribution in [2.45, 2.75) is 0 Å². The van der Waals surface area contributed by atoms with Gasteiger partial charge in [0.1, 0.15) is 12.4 Å². The Bertz CT molecular complexity index is 544. The number of pyridine rings is 1. The highest BCUT2D eigenvalue weighted by atomic mass is 35.5. The lowest BCUT2D eigenvalue weighted by atomic mass is 10.2. The molecule has 3 rings (SSSR count). The van der Waals surface area contributed by atoms with E-state index in [9.17, 15) is 0 Å². The second-order valence-electron chi connectivity index (χ2n) is 3.78. The van der Waals surface area contributed by atoms with Gasteiger partial charge < -0.3 is 9.64 Å². The molecule has 86 valence electrons. The van der Waals surface area contributed by atoms with E-state index in [1.807, 2.05) is 36.4 Å². The summed E-state index contributed by atoms with van der Waals surface area (Å²) in [6.45, 7) is 1.40. The maximum atomic E-state index is 6.18. The maximum Gasteiger partial charge on any atom is 0.151 e. The molecule has 0 amide bonds. The summed E-state index contributed by atoms with van der Waals surface area (Å²) in [4.78, 5) is 6.42. The van der Waals surface area contributed by atoms with Crippen LogP contribution >= 0.6 is 11.6 Å². The molecule has 0 bridgehead atoms. The number of hydrogen-bond donors (Lipinski definition) is 0. The second kappa shape index (κ2) is 4.26. The number of ether oxygens (including phenoxy) is 1. The van der Waals surface area contributed by atoms with Gasteiger partial charge in [-0.3, -0.25) is 0 Å². The molecule has 0 atom stereocenters. The Morgan fingerprint density at radius 2 is 2.06 bits per heavy atom. The van der Waals surface area contributed by atoms with Gasteiger partial charge in [-0.2, -0.15) is 0 Å². The van der Waals surface area contributed by atoms with Gasteiger partial charge >= 0.3 is 0 Å². The van der Waals surface area contributed by atoms with Gasteiger partial charge in [0, 0.05) is 6.20 Å². The van der Waals surface area contributed by atoms with E-state index < -0.39 is 0 Å². The molecule has 1 aromatic carbocycles. The van der Waals surface area contributed by atoms with Gasteiger partial charge in [0.25, 0.3) is 0 Å². The zero-order valence-electron chi connectivity index (χ0n) is 9.14. The van der Waals surface area contributed by atoms with Crippen molar-refractivity contribution in [1.29, 1.82) is 0 Å². The van der Waals surface area contributed by atoms with Crippen LogP contribution in [0.3, 0.4) is 0 Å². The first-order chi connectivity index (χ1) is 8.36. The van der Waals surface area contributed by atoms with Gasteiger partial charge in [-0.1, -0.05) is 23.7 Å². The molecular weight excluding hydrogens is 236 g/mol. The van der Waals surface area contributed by atoms with Crippen LogP contribution in [0.2, 0.25) is 5.02 Å². The van der Waals surface area contributed by atoms with Crippen molar-refractivity contribution >= 4 is 23.1 Å². The van der Waals surface area contributed by atoms with Crippen LogP contribution in [0, 0.1) is 0 Å². The van der Waals surface area contributed by atoms with Crippen molar-refractivity contribution in [3.63, 3.8) is 0 Å². The number of nitrogens with zero attached hydrogens (tertiary/aromatic N) is 2. The number of benzene rings is 1. The van der Waals surface area contributed by atoms with E-state index in [0.717, 1.165) is 23.8 Å². The van der Waals surface area contributed by atoms with Crippen LogP contribution in [0.15, 0.2) is 42.6 Å². The molecule has 3 nitrogen and oxygen atoms in total. The maximum absolute atomic E-state index is 6.18. The Balaban J connectivity index is 2.09. The molecule has 0 spiro atoms. The van der Waals surface area contributed by atoms with Crippen molar-refractivity contribution in [3.8, 4) is 5.75 Å². The third-order valence-electron chi connectivity index (χ3n) is 2.72. The van der Waals surface area contributed by atoms with Crippen molar-refractivity contribution in [2.75, 3.05) is 18.1 Å². The fourth-order valence-electron chi connectivity index (χ4n) is 1.97. The average Bonchev–Trinajstić information content (AvgIpc) is 2.39. The van der Waals surface area contributed by atoms with E-state index in [1.165, 1.54) is 0 Å². The lowest BCUT2D eigenvalue weighted by Crippen LogP contribution is -2.29. The number of fused-ring (bicyclic) bond motifs is 1. The van der Waals surface area contributed by atoms with Crippen LogP contribution in [0.25, 0.3) is 0 Å². The monoisotopic (exact) mass is 246 g/mol. The smallest absolute Gasteiger partial charge is 0.151 e. The molecule has 0 fully saturated rings. The number of aromatic nitrogens is 1. The van der Waals surface area contributed by atoms with Crippen LogP contribution in [-0.4, -0.2) is 18.1 Å². The summed E-state index contributed by atoms with van der Waals surface area (Å²) in [7, 11) is 0. The normalized spacial score (nSPS) is 14.1. The molecule has 1 aliphatic heterocycles. The summed E-state index contributed by atoms with van der Waals surface area (Å²) in [6.07, 6.45) is 1.75. The molecule has 1 aromatic heterocycles. The number of rotatable bonds is 1. The minimum atomic E-state index is 0.643. The number of anilines is 2. The summed E-state index contributed by atoms with van der Waals surface area (Å²) in [5, 5.41) is 0.657. The number of para-hydroxylation sites is 2. The average molecular weight is 247 g/mol. The Labute approximate surface area is 105 Å². The summed E-state index contributed by atoms with van der Waals surface area (Å²) in [6, 6.07) is 11.6. The van der Waals surface area contributed by atoms with Crippen LogP contribution in [0.5, 0.6) is 5.75 Å². The van der Waals surface area contributed by atoms with Gasteiger partial charge in [-0.25, -0.2) is 4.98 Å². The molecule has 1 aliphatic rings. The zero-order chi connectivity index (χ0) is 11.7. The minimum Gasteiger partial charge on any atom is -0.490 e. The number of halogens is 1. The third-order valence-corrected chi connectivity index (χ3v) is 3.02. The van der Waals surface area contributed by atoms with Crippen molar-refractivity contribution in [3.05, 3.63) is 47.6 Å². The van der Waals surface area contributed by atoms with Gasteiger partial charge in [-0.05, 0) is 24.3 Å². The molecule has 4 heteroatoms. The summed E-state index contributed by atoms with van der Waals surface area (Å²) in [5.41, 5.74) is 1.01. The first kappa shape index (κ1) is 10.4. The highest BCUT2D eigenvalue weighted by Crippen LogP contribution is 2.37. The molecule has 17 heavy (non-hydrogen) atoms. The standard InChI is InChI=1S/C13H11ClN2O/c14-10-4-3-7-15-13(10)16-8-9-17-12-6-2-1-5-11(12)16/h1-7H,8-9H2. The summed E-state index contributed by atoms with van der Waals surface area (Å²) < 4.78 is 5.60. The van der Waals surface area contributed by atoms with E-state index in [0.29, 0.717) is 11.6 Å².